The van der Waals surface area contributed by atoms with E-state index in [2.05, 4.69) is 10.1 Å². The van der Waals surface area contributed by atoms with Crippen LogP contribution in [0, 0.1) is 0 Å². The van der Waals surface area contributed by atoms with E-state index in [-0.39, 0.29) is 29.1 Å². The highest BCUT2D eigenvalue weighted by atomic mass is 32.2. The fraction of sp³-hybridized carbons (Fsp3) is 0.250. The average Bonchev–Trinajstić information content (AvgIpc) is 3.74. The van der Waals surface area contributed by atoms with E-state index >= 15 is 0 Å². The number of thiazole rings is 1. The van der Waals surface area contributed by atoms with Gasteiger partial charge in [-0.15, -0.1) is 11.3 Å². The van der Waals surface area contributed by atoms with E-state index in [1.165, 1.54) is 65.1 Å². The van der Waals surface area contributed by atoms with Gasteiger partial charge in [0, 0.05) is 59.6 Å². The number of alkyl halides is 3. The first kappa shape index (κ1) is 31.4. The molecule has 9 nitrogen and oxygen atoms in total. The Morgan fingerprint density at radius 2 is 1.83 bits per heavy atom. The Bertz CT molecular complexity index is 1980. The quantitative estimate of drug-likeness (QED) is 0.169. The van der Waals surface area contributed by atoms with E-state index in [1.54, 1.807) is 42.8 Å². The molecule has 0 radical (unpaired) electrons. The van der Waals surface area contributed by atoms with Crippen LogP contribution in [0.2, 0.25) is 0 Å². The van der Waals surface area contributed by atoms with Gasteiger partial charge in [0.25, 0.3) is 10.0 Å². The molecule has 1 aliphatic rings. The van der Waals surface area contributed by atoms with Crippen LogP contribution in [-0.2, 0) is 29.8 Å². The molecule has 5 aromatic rings. The molecule has 0 N–H and O–H groups in total. The van der Waals surface area contributed by atoms with E-state index in [1.807, 2.05) is 0 Å². The van der Waals surface area contributed by atoms with Crippen molar-refractivity contribution in [3.05, 3.63) is 101 Å². The molecule has 3 aromatic carbocycles. The van der Waals surface area contributed by atoms with Crippen LogP contribution in [-0.4, -0.2) is 44.0 Å². The zero-order chi connectivity index (χ0) is 32.6. The summed E-state index contributed by atoms with van der Waals surface area (Å²) in [5.41, 5.74) is 2.09. The molecule has 0 bridgehead atoms. The standard InChI is InChI=1S/C32H29F3N4O5S2/c1-38-28(10-12-37-38)27-16-21(32(33,34)35)5-8-24(27)25-11-14-44-30-18-23(7-9-26(25)30)46(40,41)39(31-36-13-15-45-31)19-20-4-6-22(42-2)17-29(20)43-3/h4-10,12-13,15-18,25H,11,14,19H2,1-3H3. The zero-order valence-electron chi connectivity index (χ0n) is 25.0. The van der Waals surface area contributed by atoms with Gasteiger partial charge in [0.2, 0.25) is 0 Å². The van der Waals surface area contributed by atoms with Crippen molar-refractivity contribution in [3.63, 3.8) is 0 Å². The summed E-state index contributed by atoms with van der Waals surface area (Å²) in [6.45, 7) is 0.176. The van der Waals surface area contributed by atoms with E-state index in [9.17, 15) is 21.6 Å². The number of hydrogen-bond acceptors (Lipinski definition) is 8. The smallest absolute Gasteiger partial charge is 0.416 e. The van der Waals surface area contributed by atoms with E-state index in [4.69, 9.17) is 14.2 Å². The molecule has 1 aliphatic heterocycles. The number of ether oxygens (including phenoxy) is 3. The van der Waals surface area contributed by atoms with Gasteiger partial charge in [-0.1, -0.05) is 12.1 Å². The van der Waals surface area contributed by atoms with Gasteiger partial charge in [0.15, 0.2) is 5.13 Å². The van der Waals surface area contributed by atoms with Gasteiger partial charge in [-0.2, -0.15) is 18.3 Å². The Morgan fingerprint density at radius 3 is 2.50 bits per heavy atom. The third-order valence-corrected chi connectivity index (χ3v) is 10.5. The number of sulfonamides is 1. The van der Waals surface area contributed by atoms with Crippen LogP contribution >= 0.6 is 11.3 Å². The molecule has 240 valence electrons. The highest BCUT2D eigenvalue weighted by molar-refractivity contribution is 7.93. The lowest BCUT2D eigenvalue weighted by molar-refractivity contribution is -0.137. The topological polar surface area (TPSA) is 95.8 Å². The summed E-state index contributed by atoms with van der Waals surface area (Å²) in [5, 5.41) is 6.11. The fourth-order valence-electron chi connectivity index (χ4n) is 5.61. The minimum Gasteiger partial charge on any atom is -0.497 e. The van der Waals surface area contributed by atoms with Gasteiger partial charge < -0.3 is 14.2 Å². The van der Waals surface area contributed by atoms with Gasteiger partial charge in [0.1, 0.15) is 17.2 Å². The Kier molecular flexibility index (Phi) is 8.42. The molecular weight excluding hydrogens is 642 g/mol. The lowest BCUT2D eigenvalue weighted by Gasteiger charge is -2.29. The van der Waals surface area contributed by atoms with Crippen LogP contribution in [0.15, 0.2) is 83.3 Å². The molecule has 2 aromatic heterocycles. The SMILES string of the molecule is COc1ccc(CN(c2nccs2)S(=O)(=O)c2ccc3c(c2)OCCC3c2ccc(C(F)(F)F)cc2-c2ccnn2C)c(OC)c1. The maximum Gasteiger partial charge on any atom is 0.416 e. The van der Waals surface area contributed by atoms with Gasteiger partial charge in [-0.25, -0.2) is 17.7 Å². The molecule has 1 unspecified atom stereocenters. The predicted molar refractivity (Wildman–Crippen MR) is 167 cm³/mol. The summed E-state index contributed by atoms with van der Waals surface area (Å²) in [6.07, 6.45) is -0.984. The minimum absolute atomic E-state index is 0.0196. The molecule has 46 heavy (non-hydrogen) atoms. The number of hydrogen-bond donors (Lipinski definition) is 0. The summed E-state index contributed by atoms with van der Waals surface area (Å²) in [6, 6.07) is 15.1. The van der Waals surface area contributed by atoms with Gasteiger partial charge in [0.05, 0.1) is 43.5 Å². The Morgan fingerprint density at radius 1 is 1.02 bits per heavy atom. The number of benzene rings is 3. The summed E-state index contributed by atoms with van der Waals surface area (Å²) >= 11 is 1.18. The average molecular weight is 671 g/mol. The second kappa shape index (κ2) is 12.3. The molecule has 0 fully saturated rings. The highest BCUT2D eigenvalue weighted by Crippen LogP contribution is 2.45. The fourth-order valence-corrected chi connectivity index (χ4v) is 7.89. The zero-order valence-corrected chi connectivity index (χ0v) is 26.6. The summed E-state index contributed by atoms with van der Waals surface area (Å²) < 4.78 is 89.2. The molecule has 0 aliphatic carbocycles. The lowest BCUT2D eigenvalue weighted by atomic mass is 9.83. The van der Waals surface area contributed by atoms with E-state index in [0.29, 0.717) is 51.6 Å². The van der Waals surface area contributed by atoms with Crippen molar-refractivity contribution in [2.75, 3.05) is 25.1 Å². The third kappa shape index (κ3) is 5.89. The van der Waals surface area contributed by atoms with Crippen molar-refractivity contribution in [3.8, 4) is 28.5 Å². The van der Waals surface area contributed by atoms with Gasteiger partial charge >= 0.3 is 6.18 Å². The molecule has 6 rings (SSSR count). The van der Waals surface area contributed by atoms with Crippen molar-refractivity contribution < 1.29 is 35.8 Å². The largest absolute Gasteiger partial charge is 0.497 e. The van der Waals surface area contributed by atoms with Crippen LogP contribution in [0.1, 0.15) is 34.6 Å². The monoisotopic (exact) mass is 670 g/mol. The summed E-state index contributed by atoms with van der Waals surface area (Å²) in [4.78, 5) is 4.26. The van der Waals surface area contributed by atoms with Crippen LogP contribution in [0.4, 0.5) is 18.3 Å². The third-order valence-electron chi connectivity index (χ3n) is 7.91. The molecular formula is C32H29F3N4O5S2. The van der Waals surface area contributed by atoms with Crippen molar-refractivity contribution in [1.29, 1.82) is 0 Å². The second-order valence-electron chi connectivity index (χ2n) is 10.5. The number of nitrogens with zero attached hydrogens (tertiary/aromatic N) is 4. The summed E-state index contributed by atoms with van der Waals surface area (Å²) in [7, 11) is 0.522. The number of rotatable bonds is 9. The predicted octanol–water partition coefficient (Wildman–Crippen LogP) is 6.89. The van der Waals surface area contributed by atoms with Crippen LogP contribution in [0.5, 0.6) is 17.2 Å². The number of methoxy groups -OCH3 is 2. The number of aromatic nitrogens is 3. The molecule has 0 amide bonds. The Balaban J connectivity index is 1.40. The molecule has 1 atom stereocenters. The molecule has 0 saturated carbocycles. The van der Waals surface area contributed by atoms with Gasteiger partial charge in [-0.3, -0.25) is 4.68 Å². The second-order valence-corrected chi connectivity index (χ2v) is 13.3. The minimum atomic E-state index is -4.53. The maximum absolute atomic E-state index is 14.2. The van der Waals surface area contributed by atoms with Crippen LogP contribution in [0.25, 0.3) is 11.3 Å². The first-order chi connectivity index (χ1) is 22.0. The van der Waals surface area contributed by atoms with Crippen LogP contribution < -0.4 is 18.5 Å². The number of fused-ring (bicyclic) bond motifs is 1. The number of anilines is 1. The summed E-state index contributed by atoms with van der Waals surface area (Å²) in [5.74, 6) is 0.999. The van der Waals surface area contributed by atoms with Gasteiger partial charge in [-0.05, 0) is 48.4 Å². The molecule has 0 spiro atoms. The normalized spacial score (nSPS) is 14.8. The van der Waals surface area contributed by atoms with Crippen molar-refractivity contribution in [2.24, 2.45) is 7.05 Å². The van der Waals surface area contributed by atoms with Crippen molar-refractivity contribution >= 4 is 26.5 Å². The van der Waals surface area contributed by atoms with Crippen LogP contribution in [0.3, 0.4) is 0 Å². The first-order valence-electron chi connectivity index (χ1n) is 14.1. The van der Waals surface area contributed by atoms with E-state index in [0.717, 1.165) is 12.1 Å². The Hall–Kier alpha value is -4.56. The van der Waals surface area contributed by atoms with Crippen molar-refractivity contribution in [1.82, 2.24) is 14.8 Å². The molecule has 3 heterocycles. The lowest BCUT2D eigenvalue weighted by Crippen LogP contribution is -2.31. The Labute approximate surface area is 267 Å². The maximum atomic E-state index is 14.2. The highest BCUT2D eigenvalue weighted by Gasteiger charge is 2.35. The molecule has 0 saturated heterocycles. The number of halogens is 3. The first-order valence-corrected chi connectivity index (χ1v) is 16.4. The van der Waals surface area contributed by atoms with E-state index < -0.39 is 21.8 Å². The molecule has 14 heteroatoms. The number of aryl methyl sites for hydroxylation is 1. The van der Waals surface area contributed by atoms with Crippen molar-refractivity contribution in [2.45, 2.75) is 30.0 Å².